The summed E-state index contributed by atoms with van der Waals surface area (Å²) in [6, 6.07) is 11.7. The predicted molar refractivity (Wildman–Crippen MR) is 82.6 cm³/mol. The molecule has 1 atom stereocenters. The van der Waals surface area contributed by atoms with Crippen molar-refractivity contribution < 1.29 is 0 Å². The van der Waals surface area contributed by atoms with Crippen molar-refractivity contribution in [3.8, 4) is 5.82 Å². The zero-order valence-electron chi connectivity index (χ0n) is 11.4. The van der Waals surface area contributed by atoms with Crippen molar-refractivity contribution in [3.05, 3.63) is 65.8 Å². The molecule has 0 amide bonds. The van der Waals surface area contributed by atoms with Gasteiger partial charge in [0.1, 0.15) is 12.7 Å². The van der Waals surface area contributed by atoms with E-state index in [-0.39, 0.29) is 6.04 Å². The predicted octanol–water partition coefficient (Wildman–Crippen LogP) is 3.49. The van der Waals surface area contributed by atoms with Crippen LogP contribution in [0.4, 0.5) is 5.69 Å². The third-order valence-corrected chi connectivity index (χ3v) is 3.50. The van der Waals surface area contributed by atoms with Crippen molar-refractivity contribution in [2.75, 3.05) is 5.32 Å². The van der Waals surface area contributed by atoms with E-state index in [0.29, 0.717) is 0 Å². The number of rotatable bonds is 4. The average Bonchev–Trinajstić information content (AvgIpc) is 3.02. The standard InChI is InChI=1S/C15H14ClN5/c1-11(13-4-2-3-5-14(13)16)20-12-6-7-15(18-8-12)21-10-17-9-19-21/h2-11,20H,1H3. The fraction of sp³-hybridized carbons (Fsp3) is 0.133. The van der Waals surface area contributed by atoms with Crippen molar-refractivity contribution in [1.82, 2.24) is 19.7 Å². The molecule has 1 aromatic carbocycles. The summed E-state index contributed by atoms with van der Waals surface area (Å²) >= 11 is 6.20. The highest BCUT2D eigenvalue weighted by Gasteiger charge is 2.09. The molecule has 0 fully saturated rings. The van der Waals surface area contributed by atoms with Gasteiger partial charge in [-0.25, -0.2) is 14.6 Å². The summed E-state index contributed by atoms with van der Waals surface area (Å²) in [5.41, 5.74) is 1.98. The van der Waals surface area contributed by atoms with Crippen molar-refractivity contribution in [1.29, 1.82) is 0 Å². The summed E-state index contributed by atoms with van der Waals surface area (Å²) < 4.78 is 1.61. The van der Waals surface area contributed by atoms with Gasteiger partial charge in [0.25, 0.3) is 0 Å². The summed E-state index contributed by atoms with van der Waals surface area (Å²) in [5, 5.41) is 8.18. The Morgan fingerprint density at radius 2 is 2.05 bits per heavy atom. The van der Waals surface area contributed by atoms with Crippen LogP contribution >= 0.6 is 11.6 Å². The molecular weight excluding hydrogens is 286 g/mol. The van der Waals surface area contributed by atoms with Gasteiger partial charge < -0.3 is 5.32 Å². The second kappa shape index (κ2) is 5.93. The maximum atomic E-state index is 6.20. The van der Waals surface area contributed by atoms with E-state index in [0.717, 1.165) is 22.1 Å². The van der Waals surface area contributed by atoms with Gasteiger partial charge in [-0.15, -0.1) is 0 Å². The molecule has 0 bridgehead atoms. The smallest absolute Gasteiger partial charge is 0.155 e. The van der Waals surface area contributed by atoms with Gasteiger partial charge in [-0.05, 0) is 30.7 Å². The molecule has 0 spiro atoms. The minimum Gasteiger partial charge on any atom is -0.377 e. The van der Waals surface area contributed by atoms with E-state index in [2.05, 4.69) is 27.3 Å². The molecular formula is C15H14ClN5. The van der Waals surface area contributed by atoms with Crippen molar-refractivity contribution in [3.63, 3.8) is 0 Å². The van der Waals surface area contributed by atoms with Crippen LogP contribution in [0.5, 0.6) is 0 Å². The van der Waals surface area contributed by atoms with E-state index >= 15 is 0 Å². The number of aromatic nitrogens is 4. The monoisotopic (exact) mass is 299 g/mol. The molecule has 0 aliphatic heterocycles. The molecule has 2 heterocycles. The first kappa shape index (κ1) is 13.6. The van der Waals surface area contributed by atoms with Crippen LogP contribution in [0.1, 0.15) is 18.5 Å². The summed E-state index contributed by atoms with van der Waals surface area (Å²) in [6.07, 6.45) is 4.86. The molecule has 6 heteroatoms. The first-order valence-corrected chi connectivity index (χ1v) is 6.94. The SMILES string of the molecule is CC(Nc1ccc(-n2cncn2)nc1)c1ccccc1Cl. The Hall–Kier alpha value is -2.40. The number of anilines is 1. The second-order valence-corrected chi connectivity index (χ2v) is 5.04. The van der Waals surface area contributed by atoms with Crippen LogP contribution in [0, 0.1) is 0 Å². The second-order valence-electron chi connectivity index (χ2n) is 4.63. The lowest BCUT2D eigenvalue weighted by Crippen LogP contribution is -2.08. The Balaban J connectivity index is 1.75. The van der Waals surface area contributed by atoms with Crippen LogP contribution in [0.3, 0.4) is 0 Å². The minimum atomic E-state index is 0.0951. The minimum absolute atomic E-state index is 0.0951. The van der Waals surface area contributed by atoms with Crippen molar-refractivity contribution >= 4 is 17.3 Å². The Morgan fingerprint density at radius 3 is 2.71 bits per heavy atom. The van der Waals surface area contributed by atoms with Crippen LogP contribution in [-0.2, 0) is 0 Å². The maximum absolute atomic E-state index is 6.20. The zero-order valence-corrected chi connectivity index (χ0v) is 12.2. The number of pyridine rings is 1. The number of nitrogens with zero attached hydrogens (tertiary/aromatic N) is 4. The number of nitrogens with one attached hydrogen (secondary N) is 1. The summed E-state index contributed by atoms with van der Waals surface area (Å²) in [6.45, 7) is 2.06. The van der Waals surface area contributed by atoms with Crippen LogP contribution in [-0.4, -0.2) is 19.7 Å². The molecule has 106 valence electrons. The molecule has 0 aliphatic carbocycles. The fourth-order valence-electron chi connectivity index (χ4n) is 2.09. The largest absolute Gasteiger partial charge is 0.377 e. The van der Waals surface area contributed by atoms with Gasteiger partial charge in [-0.3, -0.25) is 0 Å². The van der Waals surface area contributed by atoms with E-state index in [1.165, 1.54) is 6.33 Å². The highest BCUT2D eigenvalue weighted by Crippen LogP contribution is 2.25. The Morgan fingerprint density at radius 1 is 1.19 bits per heavy atom. The third kappa shape index (κ3) is 3.03. The summed E-state index contributed by atoms with van der Waals surface area (Å²) in [4.78, 5) is 8.26. The van der Waals surface area contributed by atoms with Gasteiger partial charge in [0, 0.05) is 5.02 Å². The van der Waals surface area contributed by atoms with Gasteiger partial charge in [0.2, 0.25) is 0 Å². The number of hydrogen-bond acceptors (Lipinski definition) is 4. The van der Waals surface area contributed by atoms with Crippen molar-refractivity contribution in [2.45, 2.75) is 13.0 Å². The highest BCUT2D eigenvalue weighted by molar-refractivity contribution is 6.31. The molecule has 0 saturated heterocycles. The summed E-state index contributed by atoms with van der Waals surface area (Å²) in [5.74, 6) is 0.725. The molecule has 0 saturated carbocycles. The molecule has 5 nitrogen and oxygen atoms in total. The Labute approximate surface area is 127 Å². The first-order chi connectivity index (χ1) is 10.2. The lowest BCUT2D eigenvalue weighted by atomic mass is 10.1. The van der Waals surface area contributed by atoms with E-state index < -0.39 is 0 Å². The van der Waals surface area contributed by atoms with Crippen LogP contribution in [0.25, 0.3) is 5.82 Å². The fourth-order valence-corrected chi connectivity index (χ4v) is 2.39. The molecule has 3 rings (SSSR count). The molecule has 0 radical (unpaired) electrons. The number of benzene rings is 1. The molecule has 1 unspecified atom stereocenters. The molecule has 0 aliphatic rings. The zero-order chi connectivity index (χ0) is 14.7. The van der Waals surface area contributed by atoms with Crippen molar-refractivity contribution in [2.24, 2.45) is 0 Å². The van der Waals surface area contributed by atoms with Gasteiger partial charge >= 0.3 is 0 Å². The van der Waals surface area contributed by atoms with Crippen LogP contribution in [0.2, 0.25) is 5.02 Å². The molecule has 3 aromatic rings. The lowest BCUT2D eigenvalue weighted by Gasteiger charge is -2.16. The van der Waals surface area contributed by atoms with Crippen LogP contribution < -0.4 is 5.32 Å². The molecule has 2 aromatic heterocycles. The maximum Gasteiger partial charge on any atom is 0.155 e. The third-order valence-electron chi connectivity index (χ3n) is 3.16. The van der Waals surface area contributed by atoms with Gasteiger partial charge in [0.15, 0.2) is 5.82 Å². The van der Waals surface area contributed by atoms with Gasteiger partial charge in [-0.1, -0.05) is 29.8 Å². The number of hydrogen-bond donors (Lipinski definition) is 1. The average molecular weight is 300 g/mol. The normalized spacial score (nSPS) is 12.1. The van der Waals surface area contributed by atoms with E-state index in [1.807, 2.05) is 36.4 Å². The topological polar surface area (TPSA) is 55.6 Å². The summed E-state index contributed by atoms with van der Waals surface area (Å²) in [7, 11) is 0. The highest BCUT2D eigenvalue weighted by atomic mass is 35.5. The van der Waals surface area contributed by atoms with E-state index in [9.17, 15) is 0 Å². The Bertz CT molecular complexity index is 709. The van der Waals surface area contributed by atoms with Gasteiger partial charge in [0.05, 0.1) is 17.9 Å². The lowest BCUT2D eigenvalue weighted by molar-refractivity contribution is 0.841. The molecule has 1 N–H and O–H groups in total. The van der Waals surface area contributed by atoms with Crippen LogP contribution in [0.15, 0.2) is 55.2 Å². The first-order valence-electron chi connectivity index (χ1n) is 6.56. The van der Waals surface area contributed by atoms with Gasteiger partial charge in [-0.2, -0.15) is 5.10 Å². The Kier molecular flexibility index (Phi) is 3.83. The number of halogens is 1. The quantitative estimate of drug-likeness (QED) is 0.801. The van der Waals surface area contributed by atoms with E-state index in [4.69, 9.17) is 11.6 Å². The molecule has 21 heavy (non-hydrogen) atoms. The van der Waals surface area contributed by atoms with E-state index in [1.54, 1.807) is 17.2 Å².